The molecule has 120 valence electrons. The van der Waals surface area contributed by atoms with Gasteiger partial charge in [-0.25, -0.2) is 13.6 Å². The molecule has 0 radical (unpaired) electrons. The Morgan fingerprint density at radius 3 is 2.91 bits per heavy atom. The maximum atomic E-state index is 13.8. The molecule has 0 saturated carbocycles. The van der Waals surface area contributed by atoms with Crippen LogP contribution in [-0.4, -0.2) is 11.8 Å². The van der Waals surface area contributed by atoms with Crippen molar-refractivity contribution in [3.8, 4) is 0 Å². The minimum atomic E-state index is -0.685. The second kappa shape index (κ2) is 6.76. The van der Waals surface area contributed by atoms with Gasteiger partial charge in [-0.05, 0) is 42.3 Å². The number of rotatable bonds is 2. The number of fused-ring (bicyclic) bond motifs is 1. The number of thioether (sulfide) groups is 1. The van der Waals surface area contributed by atoms with Crippen LogP contribution >= 0.6 is 23.4 Å². The molecule has 2 amide bonds. The summed E-state index contributed by atoms with van der Waals surface area (Å²) in [6.45, 7) is 0. The number of anilines is 1. The number of hydrogen-bond donors (Lipinski definition) is 2. The molecule has 2 aromatic carbocycles. The van der Waals surface area contributed by atoms with E-state index in [2.05, 4.69) is 10.6 Å². The number of amides is 2. The zero-order valence-corrected chi connectivity index (χ0v) is 13.5. The van der Waals surface area contributed by atoms with Crippen molar-refractivity contribution in [2.24, 2.45) is 0 Å². The van der Waals surface area contributed by atoms with E-state index in [1.54, 1.807) is 23.9 Å². The van der Waals surface area contributed by atoms with Crippen molar-refractivity contribution < 1.29 is 13.6 Å². The van der Waals surface area contributed by atoms with Crippen LogP contribution in [0.1, 0.15) is 18.0 Å². The van der Waals surface area contributed by atoms with Gasteiger partial charge in [0.1, 0.15) is 5.82 Å². The molecule has 0 bridgehead atoms. The molecule has 1 atom stereocenters. The minimum Gasteiger partial charge on any atom is -0.331 e. The number of nitrogens with one attached hydrogen (secondary N) is 2. The van der Waals surface area contributed by atoms with E-state index in [-0.39, 0.29) is 22.6 Å². The Morgan fingerprint density at radius 2 is 2.09 bits per heavy atom. The molecule has 1 heterocycles. The van der Waals surface area contributed by atoms with E-state index in [4.69, 9.17) is 11.6 Å². The third kappa shape index (κ3) is 3.59. The fourth-order valence-electron chi connectivity index (χ4n) is 2.43. The number of urea groups is 1. The highest BCUT2D eigenvalue weighted by atomic mass is 35.5. The Hall–Kier alpha value is -1.79. The van der Waals surface area contributed by atoms with Crippen LogP contribution in [0.5, 0.6) is 0 Å². The fraction of sp³-hybridized carbons (Fsp3) is 0.188. The maximum Gasteiger partial charge on any atom is 0.319 e. The topological polar surface area (TPSA) is 41.1 Å². The van der Waals surface area contributed by atoms with E-state index in [1.165, 1.54) is 24.3 Å². The lowest BCUT2D eigenvalue weighted by molar-refractivity contribution is 0.248. The Morgan fingerprint density at radius 1 is 1.26 bits per heavy atom. The van der Waals surface area contributed by atoms with Crippen LogP contribution in [-0.2, 0) is 0 Å². The monoisotopic (exact) mass is 354 g/mol. The van der Waals surface area contributed by atoms with Crippen LogP contribution in [0.4, 0.5) is 19.3 Å². The van der Waals surface area contributed by atoms with Gasteiger partial charge in [-0.3, -0.25) is 0 Å². The summed E-state index contributed by atoms with van der Waals surface area (Å²) in [6.07, 6.45) is 0.673. The lowest BCUT2D eigenvalue weighted by Gasteiger charge is -2.26. The predicted molar refractivity (Wildman–Crippen MR) is 88.0 cm³/mol. The molecule has 3 nitrogen and oxygen atoms in total. The average Bonchev–Trinajstić information content (AvgIpc) is 2.52. The first-order chi connectivity index (χ1) is 11.0. The Labute approximate surface area is 141 Å². The second-order valence-corrected chi connectivity index (χ2v) is 6.62. The van der Waals surface area contributed by atoms with E-state index in [0.717, 1.165) is 16.2 Å². The summed E-state index contributed by atoms with van der Waals surface area (Å²) >= 11 is 7.30. The van der Waals surface area contributed by atoms with E-state index in [1.807, 2.05) is 0 Å². The third-order valence-corrected chi connectivity index (χ3v) is 4.93. The maximum absolute atomic E-state index is 13.8. The van der Waals surface area contributed by atoms with E-state index in [0.29, 0.717) is 6.42 Å². The van der Waals surface area contributed by atoms with Gasteiger partial charge in [-0.15, -0.1) is 11.8 Å². The summed E-state index contributed by atoms with van der Waals surface area (Å²) in [5, 5.41) is 5.13. The standard InChI is InChI=1S/C16H13ClF2N2OS/c17-11-2-1-3-13(15(11)19)21-16(22)20-12-6-7-23-14-5-4-9(18)8-10(12)14/h1-5,8,12H,6-7H2,(H2,20,21,22). The van der Waals surface area contributed by atoms with Gasteiger partial charge in [0.15, 0.2) is 5.82 Å². The largest absolute Gasteiger partial charge is 0.331 e. The van der Waals surface area contributed by atoms with Gasteiger partial charge in [0.25, 0.3) is 0 Å². The number of carbonyl (C=O) groups excluding carboxylic acids is 1. The Balaban J connectivity index is 1.74. The van der Waals surface area contributed by atoms with E-state index in [9.17, 15) is 13.6 Å². The summed E-state index contributed by atoms with van der Waals surface area (Å²) in [7, 11) is 0. The molecule has 1 aliphatic heterocycles. The van der Waals surface area contributed by atoms with E-state index < -0.39 is 11.8 Å². The normalized spacial score (nSPS) is 16.6. The quantitative estimate of drug-likeness (QED) is 0.798. The van der Waals surface area contributed by atoms with Crippen molar-refractivity contribution in [1.29, 1.82) is 0 Å². The average molecular weight is 355 g/mol. The first kappa shape index (κ1) is 16.1. The lowest BCUT2D eigenvalue weighted by Crippen LogP contribution is -2.34. The second-order valence-electron chi connectivity index (χ2n) is 5.07. The Kier molecular flexibility index (Phi) is 4.73. The zero-order valence-electron chi connectivity index (χ0n) is 11.9. The van der Waals surface area contributed by atoms with Crippen LogP contribution in [0, 0.1) is 11.6 Å². The smallest absolute Gasteiger partial charge is 0.319 e. The van der Waals surface area contributed by atoms with Crippen molar-refractivity contribution in [2.45, 2.75) is 17.4 Å². The van der Waals surface area contributed by atoms with Crippen LogP contribution in [0.2, 0.25) is 5.02 Å². The van der Waals surface area contributed by atoms with Gasteiger partial charge >= 0.3 is 6.03 Å². The SMILES string of the molecule is O=C(Nc1cccc(Cl)c1F)NC1CCSc2ccc(F)cc21. The number of benzene rings is 2. The number of carbonyl (C=O) groups is 1. The van der Waals surface area contributed by atoms with Crippen LogP contribution < -0.4 is 10.6 Å². The first-order valence-corrected chi connectivity index (χ1v) is 8.35. The fourth-order valence-corrected chi connectivity index (χ4v) is 3.71. The van der Waals surface area contributed by atoms with Crippen LogP contribution in [0.15, 0.2) is 41.3 Å². The highest BCUT2D eigenvalue weighted by Crippen LogP contribution is 2.36. The third-order valence-electron chi connectivity index (χ3n) is 3.52. The molecule has 0 spiro atoms. The van der Waals surface area contributed by atoms with Gasteiger partial charge in [0.2, 0.25) is 0 Å². The number of halogens is 3. The van der Waals surface area contributed by atoms with Crippen LogP contribution in [0.25, 0.3) is 0 Å². The molecule has 23 heavy (non-hydrogen) atoms. The van der Waals surface area contributed by atoms with E-state index >= 15 is 0 Å². The van der Waals surface area contributed by atoms with Crippen molar-refractivity contribution in [3.05, 3.63) is 58.6 Å². The summed E-state index contributed by atoms with van der Waals surface area (Å²) < 4.78 is 27.3. The van der Waals surface area contributed by atoms with Crippen molar-refractivity contribution >= 4 is 35.1 Å². The molecule has 0 fully saturated rings. The highest BCUT2D eigenvalue weighted by Gasteiger charge is 2.23. The molecular formula is C16H13ClF2N2OS. The van der Waals surface area contributed by atoms with Crippen molar-refractivity contribution in [2.75, 3.05) is 11.1 Å². The molecule has 0 aromatic heterocycles. The summed E-state index contributed by atoms with van der Waals surface area (Å²) in [5.41, 5.74) is 0.739. The number of hydrogen-bond acceptors (Lipinski definition) is 2. The molecule has 1 aliphatic rings. The van der Waals surface area contributed by atoms with Gasteiger partial charge in [-0.1, -0.05) is 17.7 Å². The molecule has 1 unspecified atom stereocenters. The highest BCUT2D eigenvalue weighted by molar-refractivity contribution is 7.99. The molecule has 2 N–H and O–H groups in total. The first-order valence-electron chi connectivity index (χ1n) is 6.98. The molecule has 2 aromatic rings. The van der Waals surface area contributed by atoms with Gasteiger partial charge in [-0.2, -0.15) is 0 Å². The minimum absolute atomic E-state index is 0.000324. The Bertz CT molecular complexity index is 757. The van der Waals surface area contributed by atoms with Crippen molar-refractivity contribution in [1.82, 2.24) is 5.32 Å². The predicted octanol–water partition coefficient (Wildman–Crippen LogP) is 4.98. The molecule has 3 rings (SSSR count). The molecule has 0 aliphatic carbocycles. The summed E-state index contributed by atoms with van der Waals surface area (Å²) in [5.74, 6) is -0.218. The lowest BCUT2D eigenvalue weighted by atomic mass is 10.0. The zero-order chi connectivity index (χ0) is 16.4. The van der Waals surface area contributed by atoms with Gasteiger partial charge < -0.3 is 10.6 Å². The van der Waals surface area contributed by atoms with Crippen LogP contribution in [0.3, 0.4) is 0 Å². The molecular weight excluding hydrogens is 342 g/mol. The summed E-state index contributed by atoms with van der Waals surface area (Å²) in [6, 6.07) is 8.02. The summed E-state index contributed by atoms with van der Waals surface area (Å²) in [4.78, 5) is 13.0. The van der Waals surface area contributed by atoms with Crippen molar-refractivity contribution in [3.63, 3.8) is 0 Å². The van der Waals surface area contributed by atoms with Gasteiger partial charge in [0.05, 0.1) is 16.8 Å². The van der Waals surface area contributed by atoms with Gasteiger partial charge in [0, 0.05) is 10.6 Å². The molecule has 0 saturated heterocycles. The molecule has 7 heteroatoms.